The van der Waals surface area contributed by atoms with E-state index < -0.39 is 0 Å². The number of hydrogen-bond acceptors (Lipinski definition) is 3. The summed E-state index contributed by atoms with van der Waals surface area (Å²) in [7, 11) is 2.24. The van der Waals surface area contributed by atoms with Crippen molar-refractivity contribution in [3.63, 3.8) is 0 Å². The molecule has 0 bridgehead atoms. The summed E-state index contributed by atoms with van der Waals surface area (Å²) in [5, 5.41) is 0. The van der Waals surface area contributed by atoms with Gasteiger partial charge in [0, 0.05) is 12.6 Å². The van der Waals surface area contributed by atoms with Crippen LogP contribution in [0, 0.1) is 0 Å². The van der Waals surface area contributed by atoms with Gasteiger partial charge in [-0.05, 0) is 59.4 Å². The van der Waals surface area contributed by atoms with Crippen LogP contribution in [0.5, 0.6) is 0 Å². The fourth-order valence-electron chi connectivity index (χ4n) is 2.74. The first-order valence-corrected chi connectivity index (χ1v) is 7.36. The topological polar surface area (TPSA) is 32.5 Å². The number of unbranched alkanes of at least 4 members (excludes halogenated alkanes) is 4. The Bertz CT molecular complexity index is 184. The van der Waals surface area contributed by atoms with Crippen LogP contribution in [0.1, 0.15) is 45.4 Å². The summed E-state index contributed by atoms with van der Waals surface area (Å²) in [6.07, 6.45) is 7.94. The van der Waals surface area contributed by atoms with E-state index in [2.05, 4.69) is 23.8 Å². The van der Waals surface area contributed by atoms with Crippen LogP contribution in [-0.2, 0) is 0 Å². The van der Waals surface area contributed by atoms with Crippen LogP contribution in [0.25, 0.3) is 0 Å². The molecule has 0 aromatic rings. The van der Waals surface area contributed by atoms with Crippen molar-refractivity contribution in [2.75, 3.05) is 39.8 Å². The lowest BCUT2D eigenvalue weighted by Gasteiger charge is -2.27. The van der Waals surface area contributed by atoms with Gasteiger partial charge in [0.1, 0.15) is 0 Å². The lowest BCUT2D eigenvalue weighted by Crippen LogP contribution is -2.38. The second kappa shape index (κ2) is 8.90. The highest BCUT2D eigenvalue weighted by molar-refractivity contribution is 4.74. The first-order chi connectivity index (χ1) is 8.24. The maximum Gasteiger partial charge on any atom is 0.0194 e. The van der Waals surface area contributed by atoms with Crippen LogP contribution in [-0.4, -0.2) is 55.6 Å². The van der Waals surface area contributed by atoms with E-state index in [9.17, 15) is 0 Å². The maximum atomic E-state index is 5.50. The second-order valence-electron chi connectivity index (χ2n) is 5.56. The number of nitrogens with zero attached hydrogens (tertiary/aromatic N) is 2. The zero-order chi connectivity index (χ0) is 12.5. The summed E-state index contributed by atoms with van der Waals surface area (Å²) in [5.41, 5.74) is 5.50. The molecule has 17 heavy (non-hydrogen) atoms. The van der Waals surface area contributed by atoms with E-state index in [0.717, 1.165) is 12.6 Å². The molecule has 1 aliphatic heterocycles. The monoisotopic (exact) mass is 241 g/mol. The van der Waals surface area contributed by atoms with Crippen molar-refractivity contribution in [1.82, 2.24) is 9.80 Å². The van der Waals surface area contributed by atoms with Gasteiger partial charge in [0.15, 0.2) is 0 Å². The van der Waals surface area contributed by atoms with Crippen molar-refractivity contribution >= 4 is 0 Å². The zero-order valence-corrected chi connectivity index (χ0v) is 11.8. The molecule has 1 fully saturated rings. The van der Waals surface area contributed by atoms with Gasteiger partial charge < -0.3 is 10.6 Å². The highest BCUT2D eigenvalue weighted by Gasteiger charge is 2.18. The van der Waals surface area contributed by atoms with Crippen molar-refractivity contribution in [2.45, 2.75) is 51.5 Å². The molecular formula is C14H31N3. The Morgan fingerprint density at radius 1 is 1.06 bits per heavy atom. The Kier molecular flexibility index (Phi) is 7.82. The third-order valence-electron chi connectivity index (χ3n) is 3.83. The Balaban J connectivity index is 2.08. The summed E-state index contributed by atoms with van der Waals surface area (Å²) in [4.78, 5) is 5.14. The van der Waals surface area contributed by atoms with E-state index in [0.29, 0.717) is 0 Å². The lowest BCUT2D eigenvalue weighted by atomic mass is 10.1. The molecule has 1 saturated heterocycles. The van der Waals surface area contributed by atoms with E-state index in [1.54, 1.807) is 0 Å². The number of likely N-dealkylation sites (N-methyl/N-ethyl adjacent to an activating group) is 1. The van der Waals surface area contributed by atoms with Crippen molar-refractivity contribution in [1.29, 1.82) is 0 Å². The quantitative estimate of drug-likeness (QED) is 0.691. The second-order valence-corrected chi connectivity index (χ2v) is 5.56. The molecule has 1 aliphatic rings. The predicted octanol–water partition coefficient (Wildman–Crippen LogP) is 1.92. The highest BCUT2D eigenvalue weighted by atomic mass is 15.2. The molecule has 0 aromatic carbocycles. The third-order valence-corrected chi connectivity index (χ3v) is 3.83. The van der Waals surface area contributed by atoms with E-state index >= 15 is 0 Å². The fourth-order valence-corrected chi connectivity index (χ4v) is 2.74. The predicted molar refractivity (Wildman–Crippen MR) is 75.3 cm³/mol. The van der Waals surface area contributed by atoms with E-state index in [1.807, 2.05) is 0 Å². The van der Waals surface area contributed by atoms with Crippen molar-refractivity contribution < 1.29 is 0 Å². The van der Waals surface area contributed by atoms with Gasteiger partial charge in [-0.3, -0.25) is 4.90 Å². The summed E-state index contributed by atoms with van der Waals surface area (Å²) in [6, 6.07) is 0.728. The van der Waals surface area contributed by atoms with Gasteiger partial charge in [-0.25, -0.2) is 0 Å². The zero-order valence-electron chi connectivity index (χ0n) is 11.8. The standard InChI is InChI=1S/C14H31N3/c1-14-13-16(2)10-8-12-17(14)11-7-5-3-4-6-9-15/h14H,3-13,15H2,1-2H3. The van der Waals surface area contributed by atoms with Crippen LogP contribution in [0.3, 0.4) is 0 Å². The van der Waals surface area contributed by atoms with Gasteiger partial charge in [-0.2, -0.15) is 0 Å². The smallest absolute Gasteiger partial charge is 0.0194 e. The molecule has 0 amide bonds. The van der Waals surface area contributed by atoms with Gasteiger partial charge in [0.25, 0.3) is 0 Å². The van der Waals surface area contributed by atoms with Crippen molar-refractivity contribution in [3.05, 3.63) is 0 Å². The Morgan fingerprint density at radius 3 is 2.53 bits per heavy atom. The average molecular weight is 241 g/mol. The molecule has 1 rings (SSSR count). The molecule has 3 nitrogen and oxygen atoms in total. The van der Waals surface area contributed by atoms with Gasteiger partial charge in [0.05, 0.1) is 0 Å². The molecule has 1 heterocycles. The van der Waals surface area contributed by atoms with Crippen molar-refractivity contribution in [3.8, 4) is 0 Å². The molecule has 1 unspecified atom stereocenters. The Labute approximate surface area is 107 Å². The minimum atomic E-state index is 0.728. The van der Waals surface area contributed by atoms with Crippen LogP contribution < -0.4 is 5.73 Å². The molecule has 0 radical (unpaired) electrons. The maximum absolute atomic E-state index is 5.50. The van der Waals surface area contributed by atoms with Gasteiger partial charge in [0.2, 0.25) is 0 Å². The first-order valence-electron chi connectivity index (χ1n) is 7.36. The number of hydrogen-bond donors (Lipinski definition) is 1. The van der Waals surface area contributed by atoms with Crippen LogP contribution in [0.4, 0.5) is 0 Å². The molecule has 0 aliphatic carbocycles. The van der Waals surface area contributed by atoms with Gasteiger partial charge in [-0.1, -0.05) is 19.3 Å². The summed E-state index contributed by atoms with van der Waals surface area (Å²) in [5.74, 6) is 0. The summed E-state index contributed by atoms with van der Waals surface area (Å²) >= 11 is 0. The molecule has 0 saturated carbocycles. The minimum Gasteiger partial charge on any atom is -0.330 e. The molecule has 1 atom stereocenters. The molecular weight excluding hydrogens is 210 g/mol. The molecule has 0 spiro atoms. The Hall–Kier alpha value is -0.120. The fraction of sp³-hybridized carbons (Fsp3) is 1.00. The van der Waals surface area contributed by atoms with E-state index in [-0.39, 0.29) is 0 Å². The van der Waals surface area contributed by atoms with Crippen molar-refractivity contribution in [2.24, 2.45) is 5.73 Å². The summed E-state index contributed by atoms with van der Waals surface area (Å²) < 4.78 is 0. The van der Waals surface area contributed by atoms with Crippen LogP contribution in [0.15, 0.2) is 0 Å². The molecule has 0 aromatic heterocycles. The third kappa shape index (κ3) is 6.39. The van der Waals surface area contributed by atoms with E-state index in [4.69, 9.17) is 5.73 Å². The molecule has 3 heteroatoms. The largest absolute Gasteiger partial charge is 0.330 e. The van der Waals surface area contributed by atoms with Gasteiger partial charge >= 0.3 is 0 Å². The normalized spacial score (nSPS) is 23.8. The summed E-state index contributed by atoms with van der Waals surface area (Å²) in [6.45, 7) is 8.29. The number of nitrogens with two attached hydrogens (primary N) is 1. The van der Waals surface area contributed by atoms with Crippen LogP contribution in [0.2, 0.25) is 0 Å². The number of rotatable bonds is 7. The minimum absolute atomic E-state index is 0.728. The molecule has 2 N–H and O–H groups in total. The van der Waals surface area contributed by atoms with Gasteiger partial charge in [-0.15, -0.1) is 0 Å². The lowest BCUT2D eigenvalue weighted by molar-refractivity contribution is 0.198. The molecule has 102 valence electrons. The van der Waals surface area contributed by atoms with E-state index in [1.165, 1.54) is 64.7 Å². The Morgan fingerprint density at radius 2 is 1.76 bits per heavy atom. The first kappa shape index (κ1) is 14.9. The van der Waals surface area contributed by atoms with Crippen LogP contribution >= 0.6 is 0 Å². The highest BCUT2D eigenvalue weighted by Crippen LogP contribution is 2.11. The average Bonchev–Trinajstić information content (AvgIpc) is 2.45. The SMILES string of the molecule is CC1CN(C)CCCN1CCCCCCCN.